The minimum atomic E-state index is 0. The van der Waals surface area contributed by atoms with E-state index in [1.807, 2.05) is 34.9 Å². The number of nitrogens with zero attached hydrogens (tertiary/aromatic N) is 2. The smallest absolute Gasteiger partial charge is 0.264 e. The Morgan fingerprint density at radius 2 is 2.14 bits per heavy atom. The van der Waals surface area contributed by atoms with Crippen LogP contribution in [-0.4, -0.2) is 67.5 Å². The largest absolute Gasteiger partial charge is 0.497 e. The average Bonchev–Trinajstić information content (AvgIpc) is 3.04. The number of likely N-dealkylation sites (tertiary alicyclic amines) is 1. The van der Waals surface area contributed by atoms with Crippen LogP contribution in [0.15, 0.2) is 18.2 Å². The summed E-state index contributed by atoms with van der Waals surface area (Å²) < 4.78 is 6.42. The molecule has 28 heavy (non-hydrogen) atoms. The molecule has 1 atom stereocenters. The molecule has 6 nitrogen and oxygen atoms in total. The van der Waals surface area contributed by atoms with E-state index >= 15 is 0 Å². The zero-order chi connectivity index (χ0) is 19.0. The van der Waals surface area contributed by atoms with Crippen LogP contribution in [0, 0.1) is 6.92 Å². The highest BCUT2D eigenvalue weighted by molar-refractivity contribution is 7.21. The molecule has 2 aliphatic heterocycles. The van der Waals surface area contributed by atoms with Crippen LogP contribution in [-0.2, 0) is 4.79 Å². The molecular formula is C20H26ClN3O3S. The number of carbonyl (C=O) groups excluding carboxylic acids is 2. The van der Waals surface area contributed by atoms with Crippen LogP contribution in [0.1, 0.15) is 28.1 Å². The topological polar surface area (TPSA) is 61.9 Å². The number of piperidine rings is 1. The molecule has 0 bridgehead atoms. The Hall–Kier alpha value is -1.83. The van der Waals surface area contributed by atoms with Gasteiger partial charge in [0.1, 0.15) is 5.75 Å². The highest BCUT2D eigenvalue weighted by Crippen LogP contribution is 2.34. The summed E-state index contributed by atoms with van der Waals surface area (Å²) in [5.74, 6) is 1.03. The third-order valence-electron chi connectivity index (χ3n) is 5.59. The number of methoxy groups -OCH3 is 1. The number of halogens is 1. The molecule has 2 fully saturated rings. The monoisotopic (exact) mass is 423 g/mol. The Bertz CT molecular complexity index is 885. The Labute approximate surface area is 175 Å². The van der Waals surface area contributed by atoms with E-state index in [0.717, 1.165) is 58.8 Å². The second kappa shape index (κ2) is 8.68. The minimum Gasteiger partial charge on any atom is -0.497 e. The quantitative estimate of drug-likeness (QED) is 0.824. The fourth-order valence-corrected chi connectivity index (χ4v) is 5.23. The Morgan fingerprint density at radius 3 is 2.89 bits per heavy atom. The molecule has 8 heteroatoms. The average molecular weight is 424 g/mol. The van der Waals surface area contributed by atoms with E-state index in [-0.39, 0.29) is 30.3 Å². The lowest BCUT2D eigenvalue weighted by atomic mass is 10.0. The van der Waals surface area contributed by atoms with Gasteiger partial charge in [-0.3, -0.25) is 9.59 Å². The predicted octanol–water partition coefficient (Wildman–Crippen LogP) is 2.68. The molecular weight excluding hydrogens is 398 g/mol. The normalized spacial score (nSPS) is 20.2. The van der Waals surface area contributed by atoms with Crippen molar-refractivity contribution in [2.75, 3.05) is 39.8 Å². The lowest BCUT2D eigenvalue weighted by molar-refractivity contribution is -0.135. The summed E-state index contributed by atoms with van der Waals surface area (Å²) >= 11 is 1.54. The predicted molar refractivity (Wildman–Crippen MR) is 114 cm³/mol. The fraction of sp³-hybridized carbons (Fsp3) is 0.500. The van der Waals surface area contributed by atoms with Crippen LogP contribution in [0.2, 0.25) is 0 Å². The number of hydrogen-bond donors (Lipinski definition) is 1. The van der Waals surface area contributed by atoms with Gasteiger partial charge in [-0.2, -0.15) is 0 Å². The summed E-state index contributed by atoms with van der Waals surface area (Å²) in [6.45, 7) is 5.35. The summed E-state index contributed by atoms with van der Waals surface area (Å²) in [5.41, 5.74) is 1.01. The van der Waals surface area contributed by atoms with Gasteiger partial charge in [0.25, 0.3) is 5.91 Å². The number of amides is 2. The van der Waals surface area contributed by atoms with Crippen LogP contribution in [0.3, 0.4) is 0 Å². The first kappa shape index (κ1) is 20.9. The summed E-state index contributed by atoms with van der Waals surface area (Å²) in [6.07, 6.45) is 1.91. The van der Waals surface area contributed by atoms with E-state index in [1.54, 1.807) is 18.4 Å². The van der Waals surface area contributed by atoms with Crippen LogP contribution in [0.4, 0.5) is 0 Å². The fourth-order valence-electron chi connectivity index (χ4n) is 4.08. The van der Waals surface area contributed by atoms with Crippen molar-refractivity contribution in [1.82, 2.24) is 15.1 Å². The van der Waals surface area contributed by atoms with Crippen molar-refractivity contribution >= 4 is 45.6 Å². The molecule has 0 saturated carbocycles. The number of hydrogen-bond acceptors (Lipinski definition) is 5. The van der Waals surface area contributed by atoms with Crippen molar-refractivity contribution in [1.29, 1.82) is 0 Å². The molecule has 2 saturated heterocycles. The summed E-state index contributed by atoms with van der Waals surface area (Å²) in [7, 11) is 1.65. The SMILES string of the molecule is COc1ccc2sc(C(=O)N3CCCC(N4CCNCC4=O)C3)c(C)c2c1.Cl. The number of carbonyl (C=O) groups is 2. The van der Waals surface area contributed by atoms with Gasteiger partial charge in [-0.1, -0.05) is 0 Å². The number of rotatable bonds is 3. The van der Waals surface area contributed by atoms with Gasteiger partial charge in [0.15, 0.2) is 0 Å². The van der Waals surface area contributed by atoms with Gasteiger partial charge in [-0.25, -0.2) is 0 Å². The molecule has 2 amide bonds. The highest BCUT2D eigenvalue weighted by atomic mass is 35.5. The molecule has 0 aliphatic carbocycles. The van der Waals surface area contributed by atoms with E-state index in [4.69, 9.17) is 4.74 Å². The number of ether oxygens (including phenoxy) is 1. The molecule has 1 N–H and O–H groups in total. The van der Waals surface area contributed by atoms with E-state index in [1.165, 1.54) is 0 Å². The van der Waals surface area contributed by atoms with Gasteiger partial charge in [0, 0.05) is 36.9 Å². The van der Waals surface area contributed by atoms with Crippen molar-refractivity contribution in [3.8, 4) is 5.75 Å². The first-order valence-electron chi connectivity index (χ1n) is 9.45. The maximum Gasteiger partial charge on any atom is 0.264 e. The highest BCUT2D eigenvalue weighted by Gasteiger charge is 2.32. The molecule has 0 spiro atoms. The van der Waals surface area contributed by atoms with Gasteiger partial charge in [-0.15, -0.1) is 23.7 Å². The molecule has 0 radical (unpaired) electrons. The lowest BCUT2D eigenvalue weighted by Gasteiger charge is -2.41. The molecule has 1 unspecified atom stereocenters. The maximum atomic E-state index is 13.2. The van der Waals surface area contributed by atoms with Crippen molar-refractivity contribution < 1.29 is 14.3 Å². The zero-order valence-corrected chi connectivity index (χ0v) is 17.8. The second-order valence-corrected chi connectivity index (χ2v) is 8.28. The van der Waals surface area contributed by atoms with Crippen LogP contribution >= 0.6 is 23.7 Å². The van der Waals surface area contributed by atoms with Crippen molar-refractivity contribution in [3.05, 3.63) is 28.6 Å². The van der Waals surface area contributed by atoms with Crippen LogP contribution < -0.4 is 10.1 Å². The number of benzene rings is 1. The van der Waals surface area contributed by atoms with E-state index in [2.05, 4.69) is 5.32 Å². The van der Waals surface area contributed by atoms with Crippen molar-refractivity contribution in [2.45, 2.75) is 25.8 Å². The standard InChI is InChI=1S/C20H25N3O3S.ClH/c1-13-16-10-15(26-2)5-6-17(16)27-19(13)20(25)22-8-3-4-14(12-22)23-9-7-21-11-18(23)24;/h5-6,10,14,21H,3-4,7-9,11-12H2,1-2H3;1H. The zero-order valence-electron chi connectivity index (χ0n) is 16.2. The molecule has 3 heterocycles. The number of nitrogens with one attached hydrogen (secondary N) is 1. The third-order valence-corrected chi connectivity index (χ3v) is 6.85. The number of fused-ring (bicyclic) bond motifs is 1. The van der Waals surface area contributed by atoms with E-state index < -0.39 is 0 Å². The first-order chi connectivity index (χ1) is 13.1. The molecule has 1 aromatic heterocycles. The minimum absolute atomic E-state index is 0. The van der Waals surface area contributed by atoms with Crippen LogP contribution in [0.25, 0.3) is 10.1 Å². The summed E-state index contributed by atoms with van der Waals surface area (Å²) in [5, 5.41) is 4.19. The van der Waals surface area contributed by atoms with Gasteiger partial charge in [0.05, 0.1) is 18.5 Å². The molecule has 2 aromatic rings. The van der Waals surface area contributed by atoms with E-state index in [0.29, 0.717) is 13.1 Å². The molecule has 152 valence electrons. The van der Waals surface area contributed by atoms with E-state index in [9.17, 15) is 9.59 Å². The lowest BCUT2D eigenvalue weighted by Crippen LogP contribution is -2.57. The number of aryl methyl sites for hydroxylation is 1. The summed E-state index contributed by atoms with van der Waals surface area (Å²) in [4.78, 5) is 30.1. The number of thiophene rings is 1. The summed E-state index contributed by atoms with van der Waals surface area (Å²) in [6, 6.07) is 6.07. The molecule has 2 aliphatic rings. The van der Waals surface area contributed by atoms with Crippen molar-refractivity contribution in [3.63, 3.8) is 0 Å². The number of piperazine rings is 1. The molecule has 4 rings (SSSR count). The van der Waals surface area contributed by atoms with Crippen molar-refractivity contribution in [2.24, 2.45) is 0 Å². The third kappa shape index (κ3) is 3.83. The van der Waals surface area contributed by atoms with Gasteiger partial charge < -0.3 is 19.9 Å². The maximum absolute atomic E-state index is 13.2. The second-order valence-electron chi connectivity index (χ2n) is 7.23. The Morgan fingerprint density at radius 1 is 1.32 bits per heavy atom. The van der Waals surface area contributed by atoms with Crippen LogP contribution in [0.5, 0.6) is 5.75 Å². The Kier molecular flexibility index (Phi) is 6.47. The molecule has 1 aromatic carbocycles. The Balaban J connectivity index is 0.00000225. The van der Waals surface area contributed by atoms with Gasteiger partial charge in [-0.05, 0) is 48.9 Å². The van der Waals surface area contributed by atoms with Gasteiger partial charge in [0.2, 0.25) is 5.91 Å². The van der Waals surface area contributed by atoms with Gasteiger partial charge >= 0.3 is 0 Å². The first-order valence-corrected chi connectivity index (χ1v) is 10.3.